The van der Waals surface area contributed by atoms with E-state index < -0.39 is 0 Å². The van der Waals surface area contributed by atoms with Crippen molar-refractivity contribution >= 4 is 33.3 Å². The first kappa shape index (κ1) is 15.4. The molecule has 4 nitrogen and oxygen atoms in total. The van der Waals surface area contributed by atoms with Gasteiger partial charge >= 0.3 is 5.97 Å². The normalized spacial score (nSPS) is 10.2. The minimum Gasteiger partial charge on any atom is -0.457 e. The Balaban J connectivity index is 2.15. The fourth-order valence-corrected chi connectivity index (χ4v) is 2.41. The van der Waals surface area contributed by atoms with Crippen LogP contribution in [0.2, 0.25) is 0 Å². The highest BCUT2D eigenvalue weighted by Gasteiger charge is 2.15. The quantitative estimate of drug-likeness (QED) is 0.679. The predicted octanol–water partition coefficient (Wildman–Crippen LogP) is 3.45. The van der Waals surface area contributed by atoms with Gasteiger partial charge in [0.1, 0.15) is 6.61 Å². The summed E-state index contributed by atoms with van der Waals surface area (Å²) in [6.45, 7) is 0.222. The Bertz CT molecular complexity index is 656. The van der Waals surface area contributed by atoms with E-state index in [2.05, 4.69) is 15.9 Å². The molecule has 0 aliphatic rings. The predicted molar refractivity (Wildman–Crippen MR) is 88.4 cm³/mol. The van der Waals surface area contributed by atoms with E-state index >= 15 is 0 Å². The molecule has 0 aromatic heterocycles. The van der Waals surface area contributed by atoms with Crippen LogP contribution < -0.4 is 10.6 Å². The molecule has 2 aromatic rings. The number of anilines is 2. The monoisotopic (exact) mass is 348 g/mol. The zero-order valence-electron chi connectivity index (χ0n) is 12.0. The Kier molecular flexibility index (Phi) is 4.85. The van der Waals surface area contributed by atoms with E-state index in [0.717, 1.165) is 15.7 Å². The number of ether oxygens (including phenoxy) is 1. The van der Waals surface area contributed by atoms with Crippen LogP contribution in [-0.2, 0) is 11.3 Å². The highest BCUT2D eigenvalue weighted by Crippen LogP contribution is 2.23. The van der Waals surface area contributed by atoms with Gasteiger partial charge in [0.05, 0.1) is 11.3 Å². The van der Waals surface area contributed by atoms with E-state index in [-0.39, 0.29) is 12.6 Å². The summed E-state index contributed by atoms with van der Waals surface area (Å²) in [5.41, 5.74) is 8.47. The smallest absolute Gasteiger partial charge is 0.340 e. The molecular formula is C16H17BrN2O2. The van der Waals surface area contributed by atoms with Crippen LogP contribution in [0, 0.1) is 0 Å². The summed E-state index contributed by atoms with van der Waals surface area (Å²) >= 11 is 3.39. The minimum atomic E-state index is -0.383. The maximum Gasteiger partial charge on any atom is 0.340 e. The van der Waals surface area contributed by atoms with Gasteiger partial charge in [-0.25, -0.2) is 4.79 Å². The summed E-state index contributed by atoms with van der Waals surface area (Å²) in [6, 6.07) is 12.9. The topological polar surface area (TPSA) is 55.6 Å². The molecule has 0 radical (unpaired) electrons. The zero-order valence-corrected chi connectivity index (χ0v) is 13.6. The van der Waals surface area contributed by atoms with Crippen LogP contribution in [0.5, 0.6) is 0 Å². The van der Waals surface area contributed by atoms with Crippen molar-refractivity contribution in [3.8, 4) is 0 Å². The minimum absolute atomic E-state index is 0.222. The lowest BCUT2D eigenvalue weighted by Crippen LogP contribution is -2.15. The average molecular weight is 349 g/mol. The van der Waals surface area contributed by atoms with Crippen molar-refractivity contribution in [2.45, 2.75) is 6.61 Å². The Hall–Kier alpha value is -2.01. The van der Waals surface area contributed by atoms with Crippen molar-refractivity contribution in [1.29, 1.82) is 0 Å². The first-order chi connectivity index (χ1) is 9.97. The average Bonchev–Trinajstić information content (AvgIpc) is 2.44. The second-order valence-corrected chi connectivity index (χ2v) is 5.79. The van der Waals surface area contributed by atoms with E-state index in [9.17, 15) is 4.79 Å². The SMILES string of the molecule is CN(C)c1ccc(N)cc1C(=O)OCc1cccc(Br)c1. The van der Waals surface area contributed by atoms with E-state index in [1.54, 1.807) is 12.1 Å². The Morgan fingerprint density at radius 2 is 2.00 bits per heavy atom. The van der Waals surface area contributed by atoms with Crippen LogP contribution in [-0.4, -0.2) is 20.1 Å². The lowest BCUT2D eigenvalue weighted by molar-refractivity contribution is 0.0473. The van der Waals surface area contributed by atoms with E-state index in [1.165, 1.54) is 0 Å². The number of nitrogens with two attached hydrogens (primary N) is 1. The number of benzene rings is 2. The molecule has 2 N–H and O–H groups in total. The summed E-state index contributed by atoms with van der Waals surface area (Å²) in [5.74, 6) is -0.383. The van der Waals surface area contributed by atoms with Crippen LogP contribution >= 0.6 is 15.9 Å². The lowest BCUT2D eigenvalue weighted by atomic mass is 10.1. The molecule has 0 amide bonds. The molecule has 5 heteroatoms. The van der Waals surface area contributed by atoms with Crippen molar-refractivity contribution in [3.05, 3.63) is 58.1 Å². The Morgan fingerprint density at radius 1 is 1.24 bits per heavy atom. The van der Waals surface area contributed by atoms with Gasteiger partial charge in [-0.1, -0.05) is 28.1 Å². The number of carbonyl (C=O) groups is 1. The van der Waals surface area contributed by atoms with Crippen LogP contribution in [0.15, 0.2) is 46.9 Å². The molecule has 0 fully saturated rings. The largest absolute Gasteiger partial charge is 0.457 e. The van der Waals surface area contributed by atoms with Gasteiger partial charge < -0.3 is 15.4 Å². The van der Waals surface area contributed by atoms with E-state index in [0.29, 0.717) is 11.3 Å². The van der Waals surface area contributed by atoms with Gasteiger partial charge in [-0.3, -0.25) is 0 Å². The summed E-state index contributed by atoms with van der Waals surface area (Å²) in [6.07, 6.45) is 0. The molecule has 0 spiro atoms. The molecule has 0 atom stereocenters. The van der Waals surface area contributed by atoms with Crippen LogP contribution in [0.4, 0.5) is 11.4 Å². The molecular weight excluding hydrogens is 332 g/mol. The van der Waals surface area contributed by atoms with Crippen LogP contribution in [0.25, 0.3) is 0 Å². The third-order valence-electron chi connectivity index (χ3n) is 2.98. The van der Waals surface area contributed by atoms with E-state index in [4.69, 9.17) is 10.5 Å². The zero-order chi connectivity index (χ0) is 15.4. The van der Waals surface area contributed by atoms with Crippen LogP contribution in [0.1, 0.15) is 15.9 Å². The van der Waals surface area contributed by atoms with Crippen molar-refractivity contribution in [3.63, 3.8) is 0 Å². The standard InChI is InChI=1S/C16H17BrN2O2/c1-19(2)15-7-6-13(18)9-14(15)16(20)21-10-11-4-3-5-12(17)8-11/h3-9H,10,18H2,1-2H3. The molecule has 0 saturated carbocycles. The number of nitrogen functional groups attached to an aromatic ring is 1. The number of rotatable bonds is 4. The Morgan fingerprint density at radius 3 is 2.67 bits per heavy atom. The molecule has 0 heterocycles. The summed E-state index contributed by atoms with van der Waals surface area (Å²) in [5, 5.41) is 0. The number of hydrogen-bond acceptors (Lipinski definition) is 4. The van der Waals surface area contributed by atoms with Crippen molar-refractivity contribution in [2.24, 2.45) is 0 Å². The summed E-state index contributed by atoms with van der Waals surface area (Å²) < 4.78 is 6.33. The maximum atomic E-state index is 12.3. The number of nitrogens with zero attached hydrogens (tertiary/aromatic N) is 1. The molecule has 0 aliphatic carbocycles. The number of esters is 1. The molecule has 0 unspecified atom stereocenters. The number of hydrogen-bond donors (Lipinski definition) is 1. The fraction of sp³-hybridized carbons (Fsp3) is 0.188. The molecule has 110 valence electrons. The molecule has 2 rings (SSSR count). The molecule has 21 heavy (non-hydrogen) atoms. The van der Waals surface area contributed by atoms with E-state index in [1.807, 2.05) is 49.3 Å². The second kappa shape index (κ2) is 6.63. The first-order valence-corrected chi connectivity index (χ1v) is 7.25. The van der Waals surface area contributed by atoms with Gasteiger partial charge in [0.25, 0.3) is 0 Å². The number of carbonyl (C=O) groups excluding carboxylic acids is 1. The number of halogens is 1. The first-order valence-electron chi connectivity index (χ1n) is 6.46. The Labute approximate surface area is 132 Å². The van der Waals surface area contributed by atoms with Crippen molar-refractivity contribution < 1.29 is 9.53 Å². The van der Waals surface area contributed by atoms with Crippen molar-refractivity contribution in [1.82, 2.24) is 0 Å². The second-order valence-electron chi connectivity index (χ2n) is 4.88. The maximum absolute atomic E-state index is 12.3. The van der Waals surface area contributed by atoms with Gasteiger partial charge in [-0.05, 0) is 35.9 Å². The van der Waals surface area contributed by atoms with Gasteiger partial charge in [0, 0.05) is 24.3 Å². The molecule has 0 saturated heterocycles. The molecule has 0 aliphatic heterocycles. The van der Waals surface area contributed by atoms with Gasteiger partial charge in [-0.15, -0.1) is 0 Å². The summed E-state index contributed by atoms with van der Waals surface area (Å²) in [4.78, 5) is 14.1. The third-order valence-corrected chi connectivity index (χ3v) is 3.47. The molecule has 2 aromatic carbocycles. The van der Waals surface area contributed by atoms with Crippen LogP contribution in [0.3, 0.4) is 0 Å². The lowest BCUT2D eigenvalue weighted by Gasteiger charge is -2.17. The highest BCUT2D eigenvalue weighted by atomic mass is 79.9. The highest BCUT2D eigenvalue weighted by molar-refractivity contribution is 9.10. The fourth-order valence-electron chi connectivity index (χ4n) is 1.96. The van der Waals surface area contributed by atoms with Crippen molar-refractivity contribution in [2.75, 3.05) is 24.7 Å². The van der Waals surface area contributed by atoms with Gasteiger partial charge in [0.2, 0.25) is 0 Å². The van der Waals surface area contributed by atoms with Gasteiger partial charge in [0.15, 0.2) is 0 Å². The van der Waals surface area contributed by atoms with Gasteiger partial charge in [-0.2, -0.15) is 0 Å². The third kappa shape index (κ3) is 3.98. The summed E-state index contributed by atoms with van der Waals surface area (Å²) in [7, 11) is 3.74. The molecule has 0 bridgehead atoms.